The van der Waals surface area contributed by atoms with Crippen LogP contribution in [0.25, 0.3) is 0 Å². The normalized spacial score (nSPS) is 12.6. The number of benzene rings is 1. The lowest BCUT2D eigenvalue weighted by Crippen LogP contribution is -2.23. The van der Waals surface area contributed by atoms with E-state index in [-0.39, 0.29) is 5.56 Å². The predicted molar refractivity (Wildman–Crippen MR) is 113 cm³/mol. The third-order valence-corrected chi connectivity index (χ3v) is 6.20. The molecule has 3 rings (SSSR count). The monoisotopic (exact) mass is 432 g/mol. The van der Waals surface area contributed by atoms with E-state index in [9.17, 15) is 14.4 Å². The summed E-state index contributed by atoms with van der Waals surface area (Å²) in [4.78, 5) is 37.7. The average Bonchev–Trinajstić information content (AvgIpc) is 3.10. The molecule has 2 aromatic rings. The molecule has 8 nitrogen and oxygen atoms in total. The molecule has 1 aromatic carbocycles. The van der Waals surface area contributed by atoms with E-state index in [1.807, 2.05) is 0 Å². The smallest absolute Gasteiger partial charge is 0.338 e. The topological polar surface area (TPSA) is 117 Å². The molecule has 1 aromatic heterocycles. The van der Waals surface area contributed by atoms with Gasteiger partial charge in [-0.1, -0.05) is 0 Å². The molecule has 0 unspecified atom stereocenters. The Balaban J connectivity index is 1.69. The Kier molecular flexibility index (Phi) is 6.61. The van der Waals surface area contributed by atoms with Gasteiger partial charge in [-0.25, -0.2) is 4.79 Å². The molecule has 1 aliphatic carbocycles. The van der Waals surface area contributed by atoms with E-state index >= 15 is 0 Å². The van der Waals surface area contributed by atoms with Crippen LogP contribution in [0.4, 0.5) is 5.00 Å². The first-order chi connectivity index (χ1) is 14.3. The van der Waals surface area contributed by atoms with Crippen LogP contribution in [0.5, 0.6) is 11.5 Å². The van der Waals surface area contributed by atoms with Gasteiger partial charge >= 0.3 is 5.97 Å². The molecular weight excluding hydrogens is 408 g/mol. The second-order valence-corrected chi connectivity index (χ2v) is 8.01. The molecule has 160 valence electrons. The number of anilines is 1. The SMILES string of the molecule is COc1cc(C(=O)OCC(=O)Nc2sc3c(c2C(N)=O)CCCC3)cc(OC)c1C. The van der Waals surface area contributed by atoms with Gasteiger partial charge in [0, 0.05) is 10.4 Å². The lowest BCUT2D eigenvalue weighted by atomic mass is 9.95. The van der Waals surface area contributed by atoms with Crippen molar-refractivity contribution in [1.29, 1.82) is 0 Å². The zero-order valence-electron chi connectivity index (χ0n) is 17.1. The lowest BCUT2D eigenvalue weighted by molar-refractivity contribution is -0.119. The van der Waals surface area contributed by atoms with E-state index in [2.05, 4.69) is 5.32 Å². The molecule has 0 spiro atoms. The third kappa shape index (κ3) is 4.40. The number of thiophene rings is 1. The highest BCUT2D eigenvalue weighted by Crippen LogP contribution is 2.37. The Labute approximate surface area is 178 Å². The van der Waals surface area contributed by atoms with Crippen LogP contribution >= 0.6 is 11.3 Å². The summed E-state index contributed by atoms with van der Waals surface area (Å²) in [5.74, 6) is -0.861. The van der Waals surface area contributed by atoms with Gasteiger partial charge in [0.25, 0.3) is 11.8 Å². The summed E-state index contributed by atoms with van der Waals surface area (Å²) in [6.07, 6.45) is 3.66. The van der Waals surface area contributed by atoms with Crippen molar-refractivity contribution in [2.24, 2.45) is 5.73 Å². The molecule has 0 fully saturated rings. The average molecular weight is 432 g/mol. The number of hydrogen-bond acceptors (Lipinski definition) is 7. The Hall–Kier alpha value is -3.07. The number of hydrogen-bond donors (Lipinski definition) is 2. The molecule has 0 saturated heterocycles. The minimum Gasteiger partial charge on any atom is -0.496 e. The van der Waals surface area contributed by atoms with Crippen LogP contribution in [-0.4, -0.2) is 38.6 Å². The van der Waals surface area contributed by atoms with Crippen molar-refractivity contribution in [2.75, 3.05) is 26.1 Å². The summed E-state index contributed by atoms with van der Waals surface area (Å²) in [5.41, 5.74) is 7.76. The Morgan fingerprint density at radius 3 is 2.33 bits per heavy atom. The van der Waals surface area contributed by atoms with Crippen molar-refractivity contribution in [3.05, 3.63) is 39.3 Å². The summed E-state index contributed by atoms with van der Waals surface area (Å²) < 4.78 is 15.6. The second kappa shape index (κ2) is 9.17. The van der Waals surface area contributed by atoms with E-state index in [4.69, 9.17) is 19.9 Å². The van der Waals surface area contributed by atoms with Crippen molar-refractivity contribution < 1.29 is 28.6 Å². The molecule has 3 N–H and O–H groups in total. The van der Waals surface area contributed by atoms with E-state index in [1.54, 1.807) is 6.92 Å². The number of primary amides is 1. The van der Waals surface area contributed by atoms with Gasteiger partial charge in [0.05, 0.1) is 25.3 Å². The third-order valence-electron chi connectivity index (χ3n) is 4.99. The van der Waals surface area contributed by atoms with Crippen LogP contribution in [0.15, 0.2) is 12.1 Å². The number of esters is 1. The maximum Gasteiger partial charge on any atom is 0.338 e. The van der Waals surface area contributed by atoms with Crippen molar-refractivity contribution in [3.8, 4) is 11.5 Å². The fourth-order valence-electron chi connectivity index (χ4n) is 3.50. The number of nitrogens with one attached hydrogen (secondary N) is 1. The highest BCUT2D eigenvalue weighted by molar-refractivity contribution is 7.17. The molecule has 30 heavy (non-hydrogen) atoms. The van der Waals surface area contributed by atoms with Crippen LogP contribution in [0.3, 0.4) is 0 Å². The minimum atomic E-state index is -0.692. The van der Waals surface area contributed by atoms with E-state index < -0.39 is 24.4 Å². The number of amides is 2. The van der Waals surface area contributed by atoms with Crippen molar-refractivity contribution in [2.45, 2.75) is 32.6 Å². The standard InChI is InChI=1S/C21H24N2O6S/c1-11-14(27-2)8-12(9-15(11)28-3)21(26)29-10-17(24)23-20-18(19(22)25)13-6-4-5-7-16(13)30-20/h8-9H,4-7,10H2,1-3H3,(H2,22,25)(H,23,24). The Morgan fingerprint density at radius 2 is 1.73 bits per heavy atom. The molecule has 0 bridgehead atoms. The van der Waals surface area contributed by atoms with Gasteiger partial charge in [0.15, 0.2) is 6.61 Å². The van der Waals surface area contributed by atoms with Crippen molar-refractivity contribution in [3.63, 3.8) is 0 Å². The fraction of sp³-hybridized carbons (Fsp3) is 0.381. The highest BCUT2D eigenvalue weighted by atomic mass is 32.1. The number of carbonyl (C=O) groups excluding carboxylic acids is 3. The summed E-state index contributed by atoms with van der Waals surface area (Å²) in [7, 11) is 2.97. The summed E-state index contributed by atoms with van der Waals surface area (Å²) in [5, 5.41) is 3.07. The lowest BCUT2D eigenvalue weighted by Gasteiger charge is -2.12. The van der Waals surface area contributed by atoms with Gasteiger partial charge in [0.1, 0.15) is 16.5 Å². The first kappa shape index (κ1) is 21.6. The first-order valence-electron chi connectivity index (χ1n) is 9.49. The quantitative estimate of drug-likeness (QED) is 0.650. The van der Waals surface area contributed by atoms with Gasteiger partial charge < -0.3 is 25.3 Å². The van der Waals surface area contributed by atoms with Crippen LogP contribution < -0.4 is 20.5 Å². The number of aryl methyl sites for hydroxylation is 1. The Bertz CT molecular complexity index is 973. The number of methoxy groups -OCH3 is 2. The molecule has 1 aliphatic rings. The molecule has 0 atom stereocenters. The van der Waals surface area contributed by atoms with Crippen molar-refractivity contribution >= 4 is 34.1 Å². The summed E-state index contributed by atoms with van der Waals surface area (Å²) in [6.45, 7) is 1.30. The van der Waals surface area contributed by atoms with Crippen LogP contribution in [-0.2, 0) is 22.4 Å². The predicted octanol–water partition coefficient (Wildman–Crippen LogP) is 2.85. The van der Waals surface area contributed by atoms with E-state index in [1.165, 1.54) is 37.7 Å². The van der Waals surface area contributed by atoms with Crippen LogP contribution in [0.2, 0.25) is 0 Å². The van der Waals surface area contributed by atoms with Crippen LogP contribution in [0, 0.1) is 6.92 Å². The fourth-order valence-corrected chi connectivity index (χ4v) is 4.81. The molecule has 0 radical (unpaired) electrons. The van der Waals surface area contributed by atoms with Gasteiger partial charge in [0.2, 0.25) is 0 Å². The number of rotatable bonds is 7. The van der Waals surface area contributed by atoms with Gasteiger partial charge in [-0.3, -0.25) is 9.59 Å². The van der Waals surface area contributed by atoms with Gasteiger partial charge in [-0.2, -0.15) is 0 Å². The molecular formula is C21H24N2O6S. The first-order valence-corrected chi connectivity index (χ1v) is 10.3. The van der Waals surface area contributed by atoms with Gasteiger partial charge in [-0.05, 0) is 50.3 Å². The Morgan fingerprint density at radius 1 is 1.10 bits per heavy atom. The number of carbonyl (C=O) groups is 3. The molecule has 9 heteroatoms. The maximum atomic E-state index is 12.4. The minimum absolute atomic E-state index is 0.200. The summed E-state index contributed by atoms with van der Waals surface area (Å²) >= 11 is 1.35. The number of fused-ring (bicyclic) bond motifs is 1. The molecule has 0 aliphatic heterocycles. The number of nitrogens with two attached hydrogens (primary N) is 1. The number of ether oxygens (including phenoxy) is 3. The van der Waals surface area contributed by atoms with E-state index in [0.717, 1.165) is 41.7 Å². The van der Waals surface area contributed by atoms with E-state index in [0.29, 0.717) is 22.1 Å². The zero-order chi connectivity index (χ0) is 21.8. The zero-order valence-corrected chi connectivity index (χ0v) is 17.9. The molecule has 2 amide bonds. The molecule has 1 heterocycles. The van der Waals surface area contributed by atoms with Crippen molar-refractivity contribution in [1.82, 2.24) is 0 Å². The maximum absolute atomic E-state index is 12.4. The second-order valence-electron chi connectivity index (χ2n) is 6.91. The molecule has 0 saturated carbocycles. The van der Waals surface area contributed by atoms with Gasteiger partial charge in [-0.15, -0.1) is 11.3 Å². The summed E-state index contributed by atoms with van der Waals surface area (Å²) in [6, 6.07) is 3.05. The largest absolute Gasteiger partial charge is 0.496 e. The van der Waals surface area contributed by atoms with Crippen LogP contribution in [0.1, 0.15) is 49.6 Å². The highest BCUT2D eigenvalue weighted by Gasteiger charge is 2.25.